The minimum atomic E-state index is -3.26. The quantitative estimate of drug-likeness (QED) is 0.844. The van der Waals surface area contributed by atoms with Gasteiger partial charge in [0.2, 0.25) is 10.0 Å². The van der Waals surface area contributed by atoms with Gasteiger partial charge in [0.15, 0.2) is 0 Å². The first-order valence-electron chi connectivity index (χ1n) is 7.69. The van der Waals surface area contributed by atoms with E-state index < -0.39 is 15.3 Å². The average molecular weight is 333 g/mol. The molecule has 2 aromatic rings. The van der Waals surface area contributed by atoms with Gasteiger partial charge in [-0.15, -0.1) is 0 Å². The minimum absolute atomic E-state index is 0.244. The lowest BCUT2D eigenvalue weighted by molar-refractivity contribution is 0.225. The zero-order valence-corrected chi connectivity index (χ0v) is 14.5. The summed E-state index contributed by atoms with van der Waals surface area (Å²) in [6, 6.07) is 17.9. The lowest BCUT2D eigenvalue weighted by Gasteiger charge is -2.17. The zero-order chi connectivity index (χ0) is 16.9. The van der Waals surface area contributed by atoms with Crippen LogP contribution in [-0.2, 0) is 10.0 Å². The van der Waals surface area contributed by atoms with Crippen molar-refractivity contribution in [1.82, 2.24) is 4.72 Å². The smallest absolute Gasteiger partial charge is 0.214 e. The molecule has 2 aromatic carbocycles. The molecular formula is C18H23NO3S. The molecule has 0 aliphatic heterocycles. The SMILES string of the molecule is CC(CNS(=O)(=O)C(C)C)Oc1ccc(-c2ccccc2)cc1. The fraction of sp³-hybridized carbons (Fsp3) is 0.333. The van der Waals surface area contributed by atoms with Gasteiger partial charge in [-0.1, -0.05) is 42.5 Å². The second-order valence-corrected chi connectivity index (χ2v) is 8.08. The van der Waals surface area contributed by atoms with E-state index in [1.54, 1.807) is 13.8 Å². The van der Waals surface area contributed by atoms with Crippen molar-refractivity contribution in [3.8, 4) is 16.9 Å². The highest BCUT2D eigenvalue weighted by molar-refractivity contribution is 7.90. The average Bonchev–Trinajstić information content (AvgIpc) is 2.54. The highest BCUT2D eigenvalue weighted by Crippen LogP contribution is 2.22. The normalized spacial score (nSPS) is 13.0. The number of rotatable bonds is 7. The number of hydrogen-bond donors (Lipinski definition) is 1. The Kier molecular flexibility index (Phi) is 5.80. The molecule has 1 unspecified atom stereocenters. The van der Waals surface area contributed by atoms with E-state index in [9.17, 15) is 8.42 Å². The molecule has 2 rings (SSSR count). The van der Waals surface area contributed by atoms with Gasteiger partial charge in [-0.05, 0) is 44.0 Å². The van der Waals surface area contributed by atoms with Gasteiger partial charge in [0, 0.05) is 6.54 Å². The predicted octanol–water partition coefficient (Wildman–Crippen LogP) is 3.45. The van der Waals surface area contributed by atoms with Gasteiger partial charge < -0.3 is 4.74 Å². The van der Waals surface area contributed by atoms with E-state index in [2.05, 4.69) is 16.9 Å². The maximum absolute atomic E-state index is 11.7. The molecule has 0 aliphatic carbocycles. The highest BCUT2D eigenvalue weighted by atomic mass is 32.2. The monoisotopic (exact) mass is 333 g/mol. The Labute approximate surface area is 138 Å². The van der Waals surface area contributed by atoms with Crippen molar-refractivity contribution in [2.75, 3.05) is 6.54 Å². The Morgan fingerprint density at radius 1 is 0.913 bits per heavy atom. The fourth-order valence-corrected chi connectivity index (χ4v) is 2.83. The summed E-state index contributed by atoms with van der Waals surface area (Å²) in [5, 5.41) is -0.445. The third-order valence-electron chi connectivity index (χ3n) is 3.49. The largest absolute Gasteiger partial charge is 0.489 e. The maximum Gasteiger partial charge on any atom is 0.214 e. The predicted molar refractivity (Wildman–Crippen MR) is 94.0 cm³/mol. The van der Waals surface area contributed by atoms with Crippen LogP contribution in [0.3, 0.4) is 0 Å². The topological polar surface area (TPSA) is 55.4 Å². The van der Waals surface area contributed by atoms with Crippen molar-refractivity contribution in [1.29, 1.82) is 0 Å². The minimum Gasteiger partial charge on any atom is -0.489 e. The van der Waals surface area contributed by atoms with Gasteiger partial charge in [-0.25, -0.2) is 13.1 Å². The summed E-state index contributed by atoms with van der Waals surface area (Å²) < 4.78 is 31.8. The van der Waals surface area contributed by atoms with E-state index in [0.717, 1.165) is 16.9 Å². The van der Waals surface area contributed by atoms with Crippen LogP contribution in [0.2, 0.25) is 0 Å². The summed E-state index contributed by atoms with van der Waals surface area (Å²) in [5.41, 5.74) is 2.27. The van der Waals surface area contributed by atoms with Crippen molar-refractivity contribution in [2.45, 2.75) is 32.1 Å². The molecule has 0 saturated carbocycles. The van der Waals surface area contributed by atoms with Crippen molar-refractivity contribution < 1.29 is 13.2 Å². The van der Waals surface area contributed by atoms with Crippen LogP contribution in [0.5, 0.6) is 5.75 Å². The molecule has 0 heterocycles. The second kappa shape index (κ2) is 7.62. The molecule has 0 spiro atoms. The maximum atomic E-state index is 11.7. The summed E-state index contributed by atoms with van der Waals surface area (Å²) in [5.74, 6) is 0.723. The van der Waals surface area contributed by atoms with Crippen LogP contribution >= 0.6 is 0 Å². The van der Waals surface area contributed by atoms with Crippen LogP contribution < -0.4 is 9.46 Å². The lowest BCUT2D eigenvalue weighted by atomic mass is 10.1. The van der Waals surface area contributed by atoms with Crippen LogP contribution in [0.4, 0.5) is 0 Å². The Hall–Kier alpha value is -1.85. The zero-order valence-electron chi connectivity index (χ0n) is 13.7. The molecule has 0 fully saturated rings. The first-order chi connectivity index (χ1) is 10.9. The summed E-state index contributed by atoms with van der Waals surface area (Å²) in [7, 11) is -3.26. The number of nitrogens with one attached hydrogen (secondary N) is 1. The Morgan fingerprint density at radius 3 is 2.04 bits per heavy atom. The van der Waals surface area contributed by atoms with Crippen LogP contribution in [0.15, 0.2) is 54.6 Å². The molecule has 5 heteroatoms. The van der Waals surface area contributed by atoms with Crippen LogP contribution in [-0.4, -0.2) is 26.3 Å². The van der Waals surface area contributed by atoms with Gasteiger partial charge >= 0.3 is 0 Å². The molecule has 0 radical (unpaired) electrons. The molecular weight excluding hydrogens is 310 g/mol. The van der Waals surface area contributed by atoms with Crippen molar-refractivity contribution in [2.24, 2.45) is 0 Å². The third kappa shape index (κ3) is 5.08. The highest BCUT2D eigenvalue weighted by Gasteiger charge is 2.16. The second-order valence-electron chi connectivity index (χ2n) is 5.76. The molecule has 23 heavy (non-hydrogen) atoms. The van der Waals surface area contributed by atoms with Crippen LogP contribution in [0.1, 0.15) is 20.8 Å². The Balaban J connectivity index is 1.93. The van der Waals surface area contributed by atoms with Crippen molar-refractivity contribution >= 4 is 10.0 Å². The van der Waals surface area contributed by atoms with Gasteiger partial charge in [-0.2, -0.15) is 0 Å². The van der Waals surface area contributed by atoms with Crippen LogP contribution in [0.25, 0.3) is 11.1 Å². The van der Waals surface area contributed by atoms with Gasteiger partial charge in [0.1, 0.15) is 11.9 Å². The summed E-state index contributed by atoms with van der Waals surface area (Å²) >= 11 is 0. The number of hydrogen-bond acceptors (Lipinski definition) is 3. The van der Waals surface area contributed by atoms with Crippen LogP contribution in [0, 0.1) is 0 Å². The Morgan fingerprint density at radius 2 is 1.48 bits per heavy atom. The molecule has 1 atom stereocenters. The molecule has 1 N–H and O–H groups in total. The van der Waals surface area contributed by atoms with E-state index in [4.69, 9.17) is 4.74 Å². The summed E-state index contributed by atoms with van der Waals surface area (Å²) in [6.07, 6.45) is -0.244. The van der Waals surface area contributed by atoms with E-state index in [-0.39, 0.29) is 12.6 Å². The first-order valence-corrected chi connectivity index (χ1v) is 9.24. The van der Waals surface area contributed by atoms with Gasteiger partial charge in [0.25, 0.3) is 0 Å². The molecule has 0 aliphatic rings. The molecule has 0 amide bonds. The molecule has 124 valence electrons. The molecule has 0 bridgehead atoms. The Bertz CT molecular complexity index is 710. The van der Waals surface area contributed by atoms with Gasteiger partial charge in [0.05, 0.1) is 5.25 Å². The van der Waals surface area contributed by atoms with E-state index in [1.807, 2.05) is 49.4 Å². The van der Waals surface area contributed by atoms with Gasteiger partial charge in [-0.3, -0.25) is 0 Å². The van der Waals surface area contributed by atoms with Crippen molar-refractivity contribution in [3.63, 3.8) is 0 Å². The molecule has 0 saturated heterocycles. The van der Waals surface area contributed by atoms with Crippen molar-refractivity contribution in [3.05, 3.63) is 54.6 Å². The lowest BCUT2D eigenvalue weighted by Crippen LogP contribution is -2.37. The van der Waals surface area contributed by atoms with E-state index >= 15 is 0 Å². The first kappa shape index (κ1) is 17.5. The third-order valence-corrected chi connectivity index (χ3v) is 5.30. The standard InChI is InChI=1S/C18H23NO3S/c1-14(2)23(20,21)19-13-15(3)22-18-11-9-17(10-12-18)16-7-5-4-6-8-16/h4-12,14-15,19H,13H2,1-3H3. The number of ether oxygens (including phenoxy) is 1. The van der Waals surface area contributed by atoms with E-state index in [0.29, 0.717) is 0 Å². The summed E-state index contributed by atoms with van der Waals surface area (Å²) in [4.78, 5) is 0. The molecule has 4 nitrogen and oxygen atoms in total. The summed E-state index contributed by atoms with van der Waals surface area (Å²) in [6.45, 7) is 5.39. The van der Waals surface area contributed by atoms with E-state index in [1.165, 1.54) is 0 Å². The number of benzene rings is 2. The molecule has 0 aromatic heterocycles. The number of sulfonamides is 1. The fourth-order valence-electron chi connectivity index (χ4n) is 2.03.